The van der Waals surface area contributed by atoms with Gasteiger partial charge in [0.25, 0.3) is 11.8 Å². The molecule has 0 aromatic heterocycles. The molecular formula is C25H26N2O6S. The number of nitrogens with zero attached hydrogens (tertiary/aromatic N) is 1. The number of ether oxygens (including phenoxy) is 3. The molecule has 0 bridgehead atoms. The Morgan fingerprint density at radius 2 is 1.74 bits per heavy atom. The van der Waals surface area contributed by atoms with E-state index in [0.29, 0.717) is 29.4 Å². The van der Waals surface area contributed by atoms with E-state index in [-0.39, 0.29) is 23.9 Å². The lowest BCUT2D eigenvalue weighted by Crippen LogP contribution is -2.54. The first-order valence-corrected chi connectivity index (χ1v) is 11.3. The minimum absolute atomic E-state index is 0.0223. The molecule has 178 valence electrons. The molecule has 34 heavy (non-hydrogen) atoms. The zero-order valence-corrected chi connectivity index (χ0v) is 20.1. The Kier molecular flexibility index (Phi) is 8.37. The number of amides is 2. The van der Waals surface area contributed by atoms with Crippen molar-refractivity contribution >= 4 is 46.9 Å². The third kappa shape index (κ3) is 5.79. The molecule has 0 spiro atoms. The number of thiocarbonyl (C=S) groups is 1. The first-order chi connectivity index (χ1) is 16.4. The van der Waals surface area contributed by atoms with E-state index in [0.717, 1.165) is 12.0 Å². The van der Waals surface area contributed by atoms with Crippen molar-refractivity contribution in [1.29, 1.82) is 0 Å². The molecule has 1 aliphatic rings. The van der Waals surface area contributed by atoms with Gasteiger partial charge in [-0.1, -0.05) is 25.1 Å². The summed E-state index contributed by atoms with van der Waals surface area (Å²) in [6, 6.07) is 12.3. The standard InChI is InChI=1S/C25H26N2O6S/c1-4-16-7-10-18(11-8-16)27-24(30)19(23(29)26-25(27)34)13-17-9-12-20(21(14-17)31-5-2)33-15-22(28)32-6-3/h7-14H,4-6,15H2,1-3H3,(H,26,29,34). The smallest absolute Gasteiger partial charge is 0.344 e. The van der Waals surface area contributed by atoms with Crippen LogP contribution >= 0.6 is 12.2 Å². The fraction of sp³-hybridized carbons (Fsp3) is 0.280. The molecule has 8 nitrogen and oxygen atoms in total. The van der Waals surface area contributed by atoms with Crippen LogP contribution in [-0.2, 0) is 25.5 Å². The Bertz CT molecular complexity index is 1130. The van der Waals surface area contributed by atoms with Crippen LogP contribution in [0.3, 0.4) is 0 Å². The maximum atomic E-state index is 13.2. The van der Waals surface area contributed by atoms with Gasteiger partial charge in [0.2, 0.25) is 0 Å². The Balaban J connectivity index is 1.89. The molecule has 0 saturated carbocycles. The number of nitrogens with one attached hydrogen (secondary N) is 1. The van der Waals surface area contributed by atoms with Gasteiger partial charge in [0, 0.05) is 0 Å². The number of esters is 1. The predicted octanol–water partition coefficient (Wildman–Crippen LogP) is 3.42. The molecule has 0 atom stereocenters. The molecule has 0 aliphatic carbocycles. The first kappa shape index (κ1) is 24.9. The second kappa shape index (κ2) is 11.4. The van der Waals surface area contributed by atoms with E-state index < -0.39 is 17.8 Å². The Hall–Kier alpha value is -3.72. The number of carbonyl (C=O) groups excluding carboxylic acids is 3. The summed E-state index contributed by atoms with van der Waals surface area (Å²) < 4.78 is 16.0. The molecule has 3 rings (SSSR count). The van der Waals surface area contributed by atoms with Crippen molar-refractivity contribution in [3.63, 3.8) is 0 Å². The largest absolute Gasteiger partial charge is 0.490 e. The van der Waals surface area contributed by atoms with E-state index >= 15 is 0 Å². The van der Waals surface area contributed by atoms with Crippen LogP contribution in [0.2, 0.25) is 0 Å². The van der Waals surface area contributed by atoms with E-state index in [2.05, 4.69) is 5.32 Å². The van der Waals surface area contributed by atoms with Crippen LogP contribution in [0.5, 0.6) is 11.5 Å². The number of anilines is 1. The van der Waals surface area contributed by atoms with Crippen LogP contribution in [0.25, 0.3) is 6.08 Å². The maximum absolute atomic E-state index is 13.2. The van der Waals surface area contributed by atoms with Crippen LogP contribution in [0.4, 0.5) is 5.69 Å². The maximum Gasteiger partial charge on any atom is 0.344 e. The normalized spacial score (nSPS) is 14.7. The molecule has 1 saturated heterocycles. The zero-order chi connectivity index (χ0) is 24.7. The van der Waals surface area contributed by atoms with Crippen LogP contribution in [0.1, 0.15) is 31.9 Å². The fourth-order valence-electron chi connectivity index (χ4n) is 3.28. The molecule has 9 heteroatoms. The number of aryl methyl sites for hydroxylation is 1. The summed E-state index contributed by atoms with van der Waals surface area (Å²) in [5.74, 6) is -0.901. The van der Waals surface area contributed by atoms with E-state index in [1.54, 1.807) is 44.2 Å². The molecule has 0 radical (unpaired) electrons. The average molecular weight is 483 g/mol. The lowest BCUT2D eigenvalue weighted by atomic mass is 10.1. The molecule has 2 aromatic rings. The van der Waals surface area contributed by atoms with Crippen molar-refractivity contribution < 1.29 is 28.6 Å². The number of benzene rings is 2. The van der Waals surface area contributed by atoms with Gasteiger partial charge >= 0.3 is 5.97 Å². The number of carbonyl (C=O) groups is 3. The number of hydrogen-bond donors (Lipinski definition) is 1. The van der Waals surface area contributed by atoms with Crippen molar-refractivity contribution in [2.75, 3.05) is 24.7 Å². The summed E-state index contributed by atoms with van der Waals surface area (Å²) in [4.78, 5) is 38.7. The molecule has 2 aromatic carbocycles. The molecule has 1 fully saturated rings. The highest BCUT2D eigenvalue weighted by Crippen LogP contribution is 2.30. The van der Waals surface area contributed by atoms with Crippen molar-refractivity contribution in [1.82, 2.24) is 5.32 Å². The fourth-order valence-corrected chi connectivity index (χ4v) is 3.56. The van der Waals surface area contributed by atoms with Crippen LogP contribution in [-0.4, -0.2) is 42.7 Å². The second-order valence-electron chi connectivity index (χ2n) is 7.21. The molecule has 2 amide bonds. The van der Waals surface area contributed by atoms with Crippen molar-refractivity contribution in [3.8, 4) is 11.5 Å². The van der Waals surface area contributed by atoms with E-state index in [1.807, 2.05) is 19.1 Å². The van der Waals surface area contributed by atoms with Gasteiger partial charge in [-0.05, 0) is 74.0 Å². The van der Waals surface area contributed by atoms with Crippen LogP contribution in [0.15, 0.2) is 48.0 Å². The second-order valence-corrected chi connectivity index (χ2v) is 7.60. The summed E-state index contributed by atoms with van der Waals surface area (Å²) in [6.07, 6.45) is 2.33. The van der Waals surface area contributed by atoms with E-state index in [1.165, 1.54) is 11.0 Å². The lowest BCUT2D eigenvalue weighted by molar-refractivity contribution is -0.145. The van der Waals surface area contributed by atoms with Gasteiger partial charge in [0.05, 0.1) is 18.9 Å². The summed E-state index contributed by atoms with van der Waals surface area (Å²) in [6.45, 7) is 5.90. The van der Waals surface area contributed by atoms with Gasteiger partial charge in [-0.2, -0.15) is 0 Å². The minimum Gasteiger partial charge on any atom is -0.490 e. The zero-order valence-electron chi connectivity index (χ0n) is 19.3. The van der Waals surface area contributed by atoms with Gasteiger partial charge < -0.3 is 14.2 Å². The van der Waals surface area contributed by atoms with Crippen LogP contribution < -0.4 is 19.7 Å². The SMILES string of the molecule is CCOC(=O)COc1ccc(C=C2C(=O)NC(=S)N(c3ccc(CC)cc3)C2=O)cc1OCC. The van der Waals surface area contributed by atoms with Crippen molar-refractivity contribution in [2.45, 2.75) is 27.2 Å². The Morgan fingerprint density at radius 3 is 2.38 bits per heavy atom. The quantitative estimate of drug-likeness (QED) is 0.253. The monoisotopic (exact) mass is 482 g/mol. The Labute approximate surface area is 203 Å². The van der Waals surface area contributed by atoms with E-state index in [9.17, 15) is 14.4 Å². The summed E-state index contributed by atoms with van der Waals surface area (Å²) in [5.41, 5.74) is 2.15. The summed E-state index contributed by atoms with van der Waals surface area (Å²) in [7, 11) is 0. The predicted molar refractivity (Wildman–Crippen MR) is 132 cm³/mol. The van der Waals surface area contributed by atoms with Gasteiger partial charge in [0.1, 0.15) is 5.57 Å². The summed E-state index contributed by atoms with van der Waals surface area (Å²) >= 11 is 5.25. The highest BCUT2D eigenvalue weighted by atomic mass is 32.1. The molecule has 1 heterocycles. The van der Waals surface area contributed by atoms with Crippen molar-refractivity contribution in [2.24, 2.45) is 0 Å². The minimum atomic E-state index is -0.586. The van der Waals surface area contributed by atoms with Gasteiger partial charge in [0.15, 0.2) is 23.2 Å². The number of rotatable bonds is 9. The third-order valence-electron chi connectivity index (χ3n) is 4.93. The summed E-state index contributed by atoms with van der Waals surface area (Å²) in [5, 5.41) is 2.60. The van der Waals surface area contributed by atoms with Crippen molar-refractivity contribution in [3.05, 3.63) is 59.2 Å². The topological polar surface area (TPSA) is 94.2 Å². The van der Waals surface area contributed by atoms with Gasteiger partial charge in [-0.25, -0.2) is 4.79 Å². The molecular weight excluding hydrogens is 456 g/mol. The van der Waals surface area contributed by atoms with Gasteiger partial charge in [-0.15, -0.1) is 0 Å². The number of hydrogen-bond acceptors (Lipinski definition) is 7. The lowest BCUT2D eigenvalue weighted by Gasteiger charge is -2.29. The molecule has 0 unspecified atom stereocenters. The van der Waals surface area contributed by atoms with Crippen LogP contribution in [0, 0.1) is 0 Å². The first-order valence-electron chi connectivity index (χ1n) is 10.9. The highest BCUT2D eigenvalue weighted by Gasteiger charge is 2.34. The average Bonchev–Trinajstić information content (AvgIpc) is 2.82. The Morgan fingerprint density at radius 1 is 1.00 bits per heavy atom. The third-order valence-corrected chi connectivity index (χ3v) is 5.22. The highest BCUT2D eigenvalue weighted by molar-refractivity contribution is 7.80. The molecule has 1 aliphatic heterocycles. The molecule has 1 N–H and O–H groups in total. The van der Waals surface area contributed by atoms with Gasteiger partial charge in [-0.3, -0.25) is 19.8 Å². The van der Waals surface area contributed by atoms with E-state index in [4.69, 9.17) is 26.4 Å².